The van der Waals surface area contributed by atoms with Crippen molar-refractivity contribution in [1.82, 2.24) is 4.98 Å². The molecule has 0 aliphatic carbocycles. The molecule has 3 heteroatoms. The van der Waals surface area contributed by atoms with E-state index < -0.39 is 0 Å². The number of carbonyl (C=O) groups is 1. The van der Waals surface area contributed by atoms with Crippen molar-refractivity contribution in [3.05, 3.63) is 28.5 Å². The van der Waals surface area contributed by atoms with Crippen molar-refractivity contribution in [3.8, 4) is 0 Å². The number of carbonyl (C=O) groups excluding carboxylic acids is 1. The Bertz CT molecular complexity index is 328. The van der Waals surface area contributed by atoms with Crippen LogP contribution in [0.3, 0.4) is 0 Å². The molecule has 0 aromatic carbocycles. The predicted octanol–water partition coefficient (Wildman–Crippen LogP) is 2.85. The number of halogens is 1. The van der Waals surface area contributed by atoms with Crippen molar-refractivity contribution in [2.24, 2.45) is 0 Å². The van der Waals surface area contributed by atoms with E-state index in [0.717, 1.165) is 11.8 Å². The Kier molecular flexibility index (Phi) is 2.71. The molecule has 13 heavy (non-hydrogen) atoms. The lowest BCUT2D eigenvalue weighted by Gasteiger charge is -2.20. The first-order valence-corrected chi connectivity index (χ1v) is 4.44. The van der Waals surface area contributed by atoms with Gasteiger partial charge in [-0.25, -0.2) is 0 Å². The number of aromatic nitrogens is 1. The van der Waals surface area contributed by atoms with Gasteiger partial charge in [0.2, 0.25) is 0 Å². The molecule has 0 spiro atoms. The molecule has 0 bridgehead atoms. The van der Waals surface area contributed by atoms with Gasteiger partial charge in [0.1, 0.15) is 0 Å². The fourth-order valence-corrected chi connectivity index (χ4v) is 1.37. The van der Waals surface area contributed by atoms with Crippen LogP contribution in [0, 0.1) is 0 Å². The highest BCUT2D eigenvalue weighted by Crippen LogP contribution is 2.27. The Labute approximate surface area is 82.9 Å². The average molecular weight is 198 g/mol. The number of rotatable bonds is 1. The summed E-state index contributed by atoms with van der Waals surface area (Å²) in [6.45, 7) is 6.06. The van der Waals surface area contributed by atoms with E-state index in [1.54, 1.807) is 6.20 Å². The first kappa shape index (κ1) is 10.2. The van der Waals surface area contributed by atoms with Crippen LogP contribution in [-0.4, -0.2) is 11.3 Å². The van der Waals surface area contributed by atoms with Gasteiger partial charge in [0.15, 0.2) is 6.29 Å². The summed E-state index contributed by atoms with van der Waals surface area (Å²) in [5.74, 6) is 0. The van der Waals surface area contributed by atoms with E-state index in [1.807, 2.05) is 20.8 Å². The van der Waals surface area contributed by atoms with Crippen molar-refractivity contribution in [1.29, 1.82) is 0 Å². The first-order chi connectivity index (χ1) is 5.96. The minimum Gasteiger partial charge on any atom is -0.298 e. The van der Waals surface area contributed by atoms with Gasteiger partial charge >= 0.3 is 0 Å². The van der Waals surface area contributed by atoms with E-state index in [2.05, 4.69) is 4.98 Å². The van der Waals surface area contributed by atoms with Gasteiger partial charge in [0.05, 0.1) is 5.02 Å². The van der Waals surface area contributed by atoms with E-state index in [-0.39, 0.29) is 5.41 Å². The number of aldehydes is 1. The molecule has 1 aromatic rings. The summed E-state index contributed by atoms with van der Waals surface area (Å²) >= 11 is 5.84. The van der Waals surface area contributed by atoms with E-state index >= 15 is 0 Å². The molecule has 0 fully saturated rings. The summed E-state index contributed by atoms with van der Waals surface area (Å²) < 4.78 is 0. The second-order valence-electron chi connectivity index (χ2n) is 3.95. The van der Waals surface area contributed by atoms with E-state index in [4.69, 9.17) is 11.6 Å². The predicted molar refractivity (Wildman–Crippen MR) is 53.3 cm³/mol. The summed E-state index contributed by atoms with van der Waals surface area (Å²) in [4.78, 5) is 14.8. The molecular weight excluding hydrogens is 186 g/mol. The normalized spacial score (nSPS) is 11.4. The van der Waals surface area contributed by atoms with Gasteiger partial charge < -0.3 is 0 Å². The van der Waals surface area contributed by atoms with Gasteiger partial charge in [0, 0.05) is 18.0 Å². The molecule has 0 unspecified atom stereocenters. The van der Waals surface area contributed by atoms with E-state index in [0.29, 0.717) is 10.6 Å². The molecule has 70 valence electrons. The lowest BCUT2D eigenvalue weighted by atomic mass is 9.85. The zero-order valence-corrected chi connectivity index (χ0v) is 8.72. The highest BCUT2D eigenvalue weighted by atomic mass is 35.5. The Morgan fingerprint density at radius 1 is 1.38 bits per heavy atom. The highest BCUT2D eigenvalue weighted by Gasteiger charge is 2.19. The van der Waals surface area contributed by atoms with Crippen LogP contribution < -0.4 is 0 Å². The summed E-state index contributed by atoms with van der Waals surface area (Å²) in [5, 5.41) is 0.419. The second kappa shape index (κ2) is 3.46. The van der Waals surface area contributed by atoms with Crippen molar-refractivity contribution >= 4 is 17.9 Å². The molecule has 0 radical (unpaired) electrons. The van der Waals surface area contributed by atoms with Crippen molar-refractivity contribution in [3.63, 3.8) is 0 Å². The number of pyridine rings is 1. The lowest BCUT2D eigenvalue weighted by molar-refractivity contribution is 0.112. The fourth-order valence-electron chi connectivity index (χ4n) is 1.16. The van der Waals surface area contributed by atoms with Crippen molar-refractivity contribution in [2.75, 3.05) is 0 Å². The highest BCUT2D eigenvalue weighted by molar-refractivity contribution is 6.33. The van der Waals surface area contributed by atoms with Gasteiger partial charge in [-0.05, 0) is 11.0 Å². The van der Waals surface area contributed by atoms with Gasteiger partial charge in [-0.1, -0.05) is 32.4 Å². The van der Waals surface area contributed by atoms with Crippen LogP contribution in [-0.2, 0) is 5.41 Å². The van der Waals surface area contributed by atoms with Crippen LogP contribution in [0.1, 0.15) is 36.7 Å². The van der Waals surface area contributed by atoms with Gasteiger partial charge in [-0.3, -0.25) is 9.78 Å². The monoisotopic (exact) mass is 197 g/mol. The van der Waals surface area contributed by atoms with Crippen molar-refractivity contribution in [2.45, 2.75) is 26.2 Å². The van der Waals surface area contributed by atoms with E-state index in [1.165, 1.54) is 6.20 Å². The molecular formula is C10H12ClNO. The minimum atomic E-state index is -0.103. The number of nitrogens with zero attached hydrogens (tertiary/aromatic N) is 1. The largest absolute Gasteiger partial charge is 0.298 e. The van der Waals surface area contributed by atoms with Crippen LogP contribution in [0.25, 0.3) is 0 Å². The molecule has 0 aliphatic rings. The summed E-state index contributed by atoms with van der Waals surface area (Å²) in [6.07, 6.45) is 3.96. The van der Waals surface area contributed by atoms with Gasteiger partial charge in [-0.15, -0.1) is 0 Å². The third kappa shape index (κ3) is 2.07. The molecule has 1 heterocycles. The van der Waals surface area contributed by atoms with Gasteiger partial charge in [0.25, 0.3) is 0 Å². The topological polar surface area (TPSA) is 30.0 Å². The Balaban J connectivity index is 3.37. The fraction of sp³-hybridized carbons (Fsp3) is 0.400. The first-order valence-electron chi connectivity index (χ1n) is 4.06. The maximum absolute atomic E-state index is 10.8. The molecule has 0 aliphatic heterocycles. The smallest absolute Gasteiger partial charge is 0.151 e. The molecule has 1 rings (SSSR count). The molecule has 0 amide bonds. The van der Waals surface area contributed by atoms with Crippen molar-refractivity contribution < 1.29 is 4.79 Å². The molecule has 2 nitrogen and oxygen atoms in total. The summed E-state index contributed by atoms with van der Waals surface area (Å²) in [7, 11) is 0. The maximum Gasteiger partial charge on any atom is 0.151 e. The quantitative estimate of drug-likeness (QED) is 0.648. The van der Waals surface area contributed by atoms with Crippen LogP contribution >= 0.6 is 11.6 Å². The standard InChI is InChI=1S/C10H12ClNO/c1-10(2,3)8-4-12-5-9(11)7(8)6-13/h4-6H,1-3H3. The Morgan fingerprint density at radius 3 is 2.38 bits per heavy atom. The second-order valence-corrected chi connectivity index (χ2v) is 4.36. The van der Waals surface area contributed by atoms with Crippen LogP contribution in [0.2, 0.25) is 5.02 Å². The minimum absolute atomic E-state index is 0.103. The average Bonchev–Trinajstić information content (AvgIpc) is 2.02. The Hall–Kier alpha value is -0.890. The summed E-state index contributed by atoms with van der Waals surface area (Å²) in [6, 6.07) is 0. The molecule has 0 N–H and O–H groups in total. The molecule has 0 atom stereocenters. The zero-order chi connectivity index (χ0) is 10.1. The van der Waals surface area contributed by atoms with Crippen LogP contribution in [0.15, 0.2) is 12.4 Å². The molecule has 0 saturated heterocycles. The van der Waals surface area contributed by atoms with E-state index in [9.17, 15) is 4.79 Å². The van der Waals surface area contributed by atoms with Crippen LogP contribution in [0.5, 0.6) is 0 Å². The molecule has 1 aromatic heterocycles. The summed E-state index contributed by atoms with van der Waals surface area (Å²) in [5.41, 5.74) is 1.33. The third-order valence-electron chi connectivity index (χ3n) is 1.86. The van der Waals surface area contributed by atoms with Crippen LogP contribution in [0.4, 0.5) is 0 Å². The lowest BCUT2D eigenvalue weighted by Crippen LogP contribution is -2.14. The number of hydrogen-bond donors (Lipinski definition) is 0. The third-order valence-corrected chi connectivity index (χ3v) is 2.17. The number of hydrogen-bond acceptors (Lipinski definition) is 2. The zero-order valence-electron chi connectivity index (χ0n) is 7.97. The Morgan fingerprint density at radius 2 is 2.00 bits per heavy atom. The maximum atomic E-state index is 10.8. The SMILES string of the molecule is CC(C)(C)c1cncc(Cl)c1C=O. The van der Waals surface area contributed by atoms with Gasteiger partial charge in [-0.2, -0.15) is 0 Å². The molecule has 0 saturated carbocycles.